The Bertz CT molecular complexity index is 922. The summed E-state index contributed by atoms with van der Waals surface area (Å²) >= 11 is 0. The van der Waals surface area contributed by atoms with Crippen molar-refractivity contribution in [3.8, 4) is 11.5 Å². The van der Waals surface area contributed by atoms with E-state index in [2.05, 4.69) is 9.47 Å². The molecule has 9 heteroatoms. The fourth-order valence-corrected chi connectivity index (χ4v) is 3.40. The molecular formula is C22H21F5O4. The van der Waals surface area contributed by atoms with Crippen molar-refractivity contribution in [3.05, 3.63) is 58.9 Å². The van der Waals surface area contributed by atoms with Gasteiger partial charge in [0.05, 0.1) is 18.3 Å². The molecular weight excluding hydrogens is 423 g/mol. The molecule has 31 heavy (non-hydrogen) atoms. The Morgan fingerprint density at radius 1 is 1.13 bits per heavy atom. The van der Waals surface area contributed by atoms with Crippen LogP contribution in [0.15, 0.2) is 36.4 Å². The van der Waals surface area contributed by atoms with Crippen molar-refractivity contribution in [2.75, 3.05) is 6.61 Å². The number of benzene rings is 2. The van der Waals surface area contributed by atoms with Crippen LogP contribution in [0.2, 0.25) is 0 Å². The molecule has 1 saturated heterocycles. The van der Waals surface area contributed by atoms with Crippen molar-refractivity contribution in [3.63, 3.8) is 0 Å². The molecule has 0 aliphatic carbocycles. The number of carbonyl (C=O) groups is 1. The van der Waals surface area contributed by atoms with Crippen LogP contribution in [0.3, 0.4) is 0 Å². The third-order valence-corrected chi connectivity index (χ3v) is 5.03. The van der Waals surface area contributed by atoms with Gasteiger partial charge in [0.2, 0.25) is 0 Å². The topological polar surface area (TPSA) is 44.8 Å². The van der Waals surface area contributed by atoms with Crippen molar-refractivity contribution in [1.82, 2.24) is 0 Å². The molecule has 0 aromatic heterocycles. The second-order valence-corrected chi connectivity index (χ2v) is 7.34. The largest absolute Gasteiger partial charge is 0.429 e. The van der Waals surface area contributed by atoms with Gasteiger partial charge >= 0.3 is 12.1 Å². The molecule has 1 heterocycles. The molecule has 1 aliphatic rings. The summed E-state index contributed by atoms with van der Waals surface area (Å²) in [5.74, 6) is -3.85. The lowest BCUT2D eigenvalue weighted by Crippen LogP contribution is -2.24. The Labute approximate surface area is 175 Å². The second-order valence-electron chi connectivity index (χ2n) is 7.34. The van der Waals surface area contributed by atoms with Crippen LogP contribution in [0, 0.1) is 5.82 Å². The molecule has 3 rings (SSSR count). The first-order valence-corrected chi connectivity index (χ1v) is 9.66. The van der Waals surface area contributed by atoms with Gasteiger partial charge in [0.15, 0.2) is 0 Å². The van der Waals surface area contributed by atoms with Crippen LogP contribution in [0.1, 0.15) is 55.7 Å². The van der Waals surface area contributed by atoms with E-state index in [0.29, 0.717) is 18.7 Å². The van der Waals surface area contributed by atoms with Gasteiger partial charge in [-0.15, -0.1) is 0 Å². The Morgan fingerprint density at radius 3 is 2.35 bits per heavy atom. The van der Waals surface area contributed by atoms with Gasteiger partial charge < -0.3 is 14.2 Å². The zero-order chi connectivity index (χ0) is 22.8. The highest BCUT2D eigenvalue weighted by Gasteiger charge is 2.40. The van der Waals surface area contributed by atoms with Crippen LogP contribution in [0.5, 0.6) is 11.5 Å². The average Bonchev–Trinajstić information content (AvgIpc) is 2.68. The highest BCUT2D eigenvalue weighted by molar-refractivity contribution is 5.70. The number of hydrogen-bond acceptors (Lipinski definition) is 4. The van der Waals surface area contributed by atoms with Crippen molar-refractivity contribution in [2.24, 2.45) is 0 Å². The Hall–Kier alpha value is -2.68. The summed E-state index contributed by atoms with van der Waals surface area (Å²) in [5.41, 5.74) is -1.94. The number of halogens is 5. The maximum absolute atomic E-state index is 14.6. The number of hydrogen-bond donors (Lipinski definition) is 0. The maximum Gasteiger partial charge on any atom is 0.429 e. The molecule has 0 radical (unpaired) electrons. The summed E-state index contributed by atoms with van der Waals surface area (Å²) in [7, 11) is 0. The second kappa shape index (κ2) is 9.21. The summed E-state index contributed by atoms with van der Waals surface area (Å²) in [6.45, 7) is 3.42. The molecule has 0 bridgehead atoms. The van der Waals surface area contributed by atoms with Gasteiger partial charge in [0.25, 0.3) is 6.43 Å². The Kier molecular flexibility index (Phi) is 6.83. The smallest absolute Gasteiger partial charge is 0.429 e. The van der Waals surface area contributed by atoms with E-state index in [4.69, 9.17) is 4.74 Å². The number of carbonyl (C=O) groups excluding carboxylic acids is 1. The van der Waals surface area contributed by atoms with Crippen LogP contribution in [0.25, 0.3) is 0 Å². The third-order valence-electron chi connectivity index (χ3n) is 5.03. The third kappa shape index (κ3) is 5.33. The monoisotopic (exact) mass is 444 g/mol. The molecule has 2 aromatic rings. The number of alkyl halides is 4. The fraction of sp³-hybridized carbons (Fsp3) is 0.409. The van der Waals surface area contributed by atoms with Gasteiger partial charge in [0, 0.05) is 12.8 Å². The van der Waals surface area contributed by atoms with Crippen molar-refractivity contribution >= 4 is 5.97 Å². The number of rotatable bonds is 6. The summed E-state index contributed by atoms with van der Waals surface area (Å²) in [5, 5.41) is 0. The van der Waals surface area contributed by atoms with Gasteiger partial charge in [-0.3, -0.25) is 4.79 Å². The highest BCUT2D eigenvalue weighted by atomic mass is 19.3. The molecule has 2 aromatic carbocycles. The predicted octanol–water partition coefficient (Wildman–Crippen LogP) is 6.10. The van der Waals surface area contributed by atoms with Gasteiger partial charge in [-0.25, -0.2) is 13.2 Å². The van der Waals surface area contributed by atoms with Gasteiger partial charge in [-0.2, -0.15) is 8.78 Å². The maximum atomic E-state index is 14.6. The minimum absolute atomic E-state index is 0.130. The van der Waals surface area contributed by atoms with E-state index in [0.717, 1.165) is 25.3 Å². The lowest BCUT2D eigenvalue weighted by Gasteiger charge is -2.27. The first-order valence-electron chi connectivity index (χ1n) is 9.66. The van der Waals surface area contributed by atoms with Gasteiger partial charge in [0.1, 0.15) is 22.9 Å². The first kappa shape index (κ1) is 23.0. The van der Waals surface area contributed by atoms with Crippen molar-refractivity contribution < 1.29 is 41.0 Å². The lowest BCUT2D eigenvalue weighted by atomic mass is 9.92. The molecule has 1 aliphatic heterocycles. The molecule has 0 saturated carbocycles. The van der Waals surface area contributed by atoms with E-state index in [-0.39, 0.29) is 17.8 Å². The van der Waals surface area contributed by atoms with E-state index in [1.807, 2.05) is 6.92 Å². The Morgan fingerprint density at radius 2 is 1.81 bits per heavy atom. The van der Waals surface area contributed by atoms with Crippen LogP contribution in [-0.4, -0.2) is 18.7 Å². The summed E-state index contributed by atoms with van der Waals surface area (Å²) in [6.07, 6.45) is -5.76. The van der Waals surface area contributed by atoms with E-state index >= 15 is 0 Å². The average molecular weight is 444 g/mol. The summed E-state index contributed by atoms with van der Waals surface area (Å²) in [4.78, 5) is 11.0. The van der Waals surface area contributed by atoms with E-state index in [9.17, 15) is 26.7 Å². The van der Waals surface area contributed by atoms with E-state index < -0.39 is 41.2 Å². The van der Waals surface area contributed by atoms with Crippen molar-refractivity contribution in [1.29, 1.82) is 0 Å². The predicted molar refractivity (Wildman–Crippen MR) is 101 cm³/mol. The quantitative estimate of drug-likeness (QED) is 0.307. The minimum atomic E-state index is -4.24. The Balaban J connectivity index is 1.81. The van der Waals surface area contributed by atoms with Crippen LogP contribution < -0.4 is 9.47 Å². The lowest BCUT2D eigenvalue weighted by molar-refractivity contribution is -0.187. The van der Waals surface area contributed by atoms with Gasteiger partial charge in [-0.05, 0) is 49.6 Å². The highest BCUT2D eigenvalue weighted by Crippen LogP contribution is 2.40. The molecule has 0 amide bonds. The van der Waals surface area contributed by atoms with Crippen LogP contribution in [-0.2, 0) is 15.6 Å². The molecule has 0 spiro atoms. The van der Waals surface area contributed by atoms with Crippen LogP contribution >= 0.6 is 0 Å². The minimum Gasteiger partial charge on any atom is -0.429 e. The standard InChI is InChI=1S/C22H21F5O4/c1-12-3-4-15(11-29-12)14-5-7-16(8-6-14)31-22(26,27)17-9-10-18(30-13(2)28)19(20(17)23)21(24)25/h5-10,12,15,21H,3-4,11H2,1-2H3. The molecule has 168 valence electrons. The summed E-state index contributed by atoms with van der Waals surface area (Å²) < 4.78 is 85.0. The van der Waals surface area contributed by atoms with Crippen molar-refractivity contribution in [2.45, 2.75) is 51.2 Å². The SMILES string of the molecule is CC(=O)Oc1ccc(C(F)(F)Oc2ccc(C3CCC(C)OC3)cc2)c(F)c1C(F)F. The molecule has 0 N–H and O–H groups in total. The van der Waals surface area contributed by atoms with E-state index in [1.165, 1.54) is 12.1 Å². The number of ether oxygens (including phenoxy) is 3. The molecule has 4 nitrogen and oxygen atoms in total. The number of esters is 1. The zero-order valence-electron chi connectivity index (χ0n) is 16.8. The van der Waals surface area contributed by atoms with E-state index in [1.54, 1.807) is 12.1 Å². The fourth-order valence-electron chi connectivity index (χ4n) is 3.40. The molecule has 1 fully saturated rings. The van der Waals surface area contributed by atoms with Crippen LogP contribution in [0.4, 0.5) is 22.0 Å². The van der Waals surface area contributed by atoms with Gasteiger partial charge in [-0.1, -0.05) is 12.1 Å². The molecule has 2 atom stereocenters. The zero-order valence-corrected chi connectivity index (χ0v) is 16.8. The molecule has 2 unspecified atom stereocenters. The first-order chi connectivity index (χ1) is 14.6. The summed E-state index contributed by atoms with van der Waals surface area (Å²) in [6, 6.07) is 7.07. The normalized spacial score (nSPS) is 19.4.